The van der Waals surface area contributed by atoms with Gasteiger partial charge in [0, 0.05) is 17.0 Å². The summed E-state index contributed by atoms with van der Waals surface area (Å²) in [6.07, 6.45) is -0.148. The Morgan fingerprint density at radius 3 is 2.45 bits per heavy atom. The number of thioether (sulfide) groups is 1. The third-order valence-corrected chi connectivity index (χ3v) is 7.67. The standard InChI is InChI=1S/C21H24N2O4S2/c1-12-9-13(2)20(14(3)10-12)23-19(24)7-8-29(26,27)16-5-6-18-17(11-16)22-21(25)15(4)28-18/h5-6,9-11,15H,7-8H2,1-4H3,(H,22,25)(H,23,24)/t15-/m0/s1. The van der Waals surface area contributed by atoms with Crippen molar-refractivity contribution in [2.75, 3.05) is 16.4 Å². The molecule has 2 N–H and O–H groups in total. The molecule has 0 radical (unpaired) electrons. The highest BCUT2D eigenvalue weighted by Gasteiger charge is 2.25. The zero-order chi connectivity index (χ0) is 21.3. The van der Waals surface area contributed by atoms with E-state index in [0.717, 1.165) is 27.3 Å². The highest BCUT2D eigenvalue weighted by molar-refractivity contribution is 8.01. The fourth-order valence-electron chi connectivity index (χ4n) is 3.31. The molecule has 0 aliphatic carbocycles. The number of rotatable bonds is 5. The first-order chi connectivity index (χ1) is 13.6. The number of aryl methyl sites for hydroxylation is 3. The second kappa shape index (κ2) is 8.20. The number of anilines is 2. The molecule has 1 aliphatic heterocycles. The first-order valence-electron chi connectivity index (χ1n) is 9.29. The third kappa shape index (κ3) is 4.82. The molecule has 2 aromatic rings. The van der Waals surface area contributed by atoms with Crippen LogP contribution in [0.2, 0.25) is 0 Å². The van der Waals surface area contributed by atoms with E-state index in [-0.39, 0.29) is 34.1 Å². The van der Waals surface area contributed by atoms with E-state index < -0.39 is 9.84 Å². The summed E-state index contributed by atoms with van der Waals surface area (Å²) < 4.78 is 25.4. The predicted molar refractivity (Wildman–Crippen MR) is 116 cm³/mol. The number of hydrogen-bond acceptors (Lipinski definition) is 5. The monoisotopic (exact) mass is 432 g/mol. The number of sulfone groups is 1. The first-order valence-corrected chi connectivity index (χ1v) is 11.8. The highest BCUT2D eigenvalue weighted by Crippen LogP contribution is 2.37. The Labute approximate surface area is 175 Å². The van der Waals surface area contributed by atoms with Crippen LogP contribution in [-0.2, 0) is 19.4 Å². The number of benzene rings is 2. The molecule has 0 saturated heterocycles. The number of carbonyl (C=O) groups excluding carboxylic acids is 2. The fraction of sp³-hybridized carbons (Fsp3) is 0.333. The Morgan fingerprint density at radius 2 is 1.79 bits per heavy atom. The van der Waals surface area contributed by atoms with Gasteiger partial charge >= 0.3 is 0 Å². The Morgan fingerprint density at radius 1 is 1.14 bits per heavy atom. The lowest BCUT2D eigenvalue weighted by molar-refractivity contribution is -0.116. The molecule has 2 aromatic carbocycles. The number of hydrogen-bond donors (Lipinski definition) is 2. The normalized spacial score (nSPS) is 16.1. The summed E-state index contributed by atoms with van der Waals surface area (Å²) in [6, 6.07) is 8.63. The minimum atomic E-state index is -3.66. The molecule has 154 valence electrons. The summed E-state index contributed by atoms with van der Waals surface area (Å²) in [4.78, 5) is 25.1. The lowest BCUT2D eigenvalue weighted by atomic mass is 10.1. The van der Waals surface area contributed by atoms with Crippen LogP contribution in [0.1, 0.15) is 30.0 Å². The summed E-state index contributed by atoms with van der Waals surface area (Å²) in [6.45, 7) is 7.60. The summed E-state index contributed by atoms with van der Waals surface area (Å²) in [5.74, 6) is -0.807. The van der Waals surface area contributed by atoms with Crippen LogP contribution in [0.4, 0.5) is 11.4 Å². The quantitative estimate of drug-likeness (QED) is 0.749. The van der Waals surface area contributed by atoms with Crippen molar-refractivity contribution in [3.63, 3.8) is 0 Å². The Balaban J connectivity index is 1.70. The van der Waals surface area contributed by atoms with Crippen LogP contribution in [0.15, 0.2) is 40.1 Å². The number of carbonyl (C=O) groups is 2. The zero-order valence-corrected chi connectivity index (χ0v) is 18.5. The molecule has 0 saturated carbocycles. The molecule has 1 atom stereocenters. The molecule has 2 amide bonds. The van der Waals surface area contributed by atoms with Crippen molar-refractivity contribution in [2.45, 2.75) is 49.2 Å². The molecule has 3 rings (SSSR count). The average Bonchev–Trinajstić information content (AvgIpc) is 2.63. The minimum Gasteiger partial charge on any atom is -0.326 e. The molecule has 6 nitrogen and oxygen atoms in total. The van der Waals surface area contributed by atoms with Crippen molar-refractivity contribution in [3.05, 3.63) is 47.0 Å². The van der Waals surface area contributed by atoms with Gasteiger partial charge in [0.15, 0.2) is 9.84 Å². The third-order valence-electron chi connectivity index (χ3n) is 4.78. The first kappa shape index (κ1) is 21.4. The van der Waals surface area contributed by atoms with Crippen molar-refractivity contribution in [1.82, 2.24) is 0 Å². The molecule has 0 bridgehead atoms. The van der Waals surface area contributed by atoms with Crippen LogP contribution in [0, 0.1) is 20.8 Å². The van der Waals surface area contributed by atoms with E-state index in [0.29, 0.717) is 5.69 Å². The van der Waals surface area contributed by atoms with Gasteiger partial charge in [-0.15, -0.1) is 11.8 Å². The van der Waals surface area contributed by atoms with Crippen LogP contribution < -0.4 is 10.6 Å². The van der Waals surface area contributed by atoms with Crippen LogP contribution in [0.3, 0.4) is 0 Å². The molecule has 29 heavy (non-hydrogen) atoms. The van der Waals surface area contributed by atoms with E-state index in [1.807, 2.05) is 32.9 Å². The molecule has 0 spiro atoms. The van der Waals surface area contributed by atoms with E-state index in [9.17, 15) is 18.0 Å². The topological polar surface area (TPSA) is 92.3 Å². The predicted octanol–water partition coefficient (Wildman–Crippen LogP) is 3.85. The Kier molecular flexibility index (Phi) is 6.05. The Bertz CT molecular complexity index is 1070. The zero-order valence-electron chi connectivity index (χ0n) is 16.8. The number of fused-ring (bicyclic) bond motifs is 1. The maximum Gasteiger partial charge on any atom is 0.237 e. The lowest BCUT2D eigenvalue weighted by Crippen LogP contribution is -2.26. The number of nitrogens with one attached hydrogen (secondary N) is 2. The van der Waals surface area contributed by atoms with Gasteiger partial charge in [0.2, 0.25) is 11.8 Å². The van der Waals surface area contributed by atoms with Crippen molar-refractivity contribution in [1.29, 1.82) is 0 Å². The fourth-order valence-corrected chi connectivity index (χ4v) is 5.50. The van der Waals surface area contributed by atoms with Gasteiger partial charge < -0.3 is 10.6 Å². The summed E-state index contributed by atoms with van der Waals surface area (Å²) in [5.41, 5.74) is 4.20. The van der Waals surface area contributed by atoms with E-state index in [2.05, 4.69) is 10.6 Å². The van der Waals surface area contributed by atoms with Crippen molar-refractivity contribution in [3.8, 4) is 0 Å². The average molecular weight is 433 g/mol. The van der Waals surface area contributed by atoms with Crippen LogP contribution >= 0.6 is 11.8 Å². The van der Waals surface area contributed by atoms with Crippen LogP contribution in [0.5, 0.6) is 0 Å². The summed E-state index contributed by atoms with van der Waals surface area (Å²) >= 11 is 1.39. The van der Waals surface area contributed by atoms with Gasteiger partial charge in [0.05, 0.1) is 21.6 Å². The van der Waals surface area contributed by atoms with Gasteiger partial charge in [0.1, 0.15) is 0 Å². The molecule has 0 aromatic heterocycles. The maximum absolute atomic E-state index is 12.7. The SMILES string of the molecule is Cc1cc(C)c(NC(=O)CCS(=O)(=O)c2ccc3c(c2)NC(=O)[C@H](C)S3)c(C)c1. The molecule has 1 heterocycles. The van der Waals surface area contributed by atoms with E-state index >= 15 is 0 Å². The molecular weight excluding hydrogens is 408 g/mol. The van der Waals surface area contributed by atoms with Gasteiger partial charge in [-0.2, -0.15) is 0 Å². The van der Waals surface area contributed by atoms with Gasteiger partial charge in [-0.1, -0.05) is 17.7 Å². The second-order valence-corrected chi connectivity index (χ2v) is 10.8. The molecular formula is C21H24N2O4S2. The smallest absolute Gasteiger partial charge is 0.237 e. The molecule has 0 unspecified atom stereocenters. The van der Waals surface area contributed by atoms with Gasteiger partial charge in [-0.05, 0) is 57.0 Å². The van der Waals surface area contributed by atoms with Gasteiger partial charge in [-0.3, -0.25) is 9.59 Å². The maximum atomic E-state index is 12.7. The molecule has 1 aliphatic rings. The lowest BCUT2D eigenvalue weighted by Gasteiger charge is -2.21. The molecule has 8 heteroatoms. The molecule has 0 fully saturated rings. The van der Waals surface area contributed by atoms with Crippen molar-refractivity contribution >= 4 is 44.8 Å². The largest absolute Gasteiger partial charge is 0.326 e. The minimum absolute atomic E-state index is 0.0993. The van der Waals surface area contributed by atoms with E-state index in [1.54, 1.807) is 13.0 Å². The van der Waals surface area contributed by atoms with Crippen molar-refractivity contribution < 1.29 is 18.0 Å². The summed E-state index contributed by atoms with van der Waals surface area (Å²) in [7, 11) is -3.66. The van der Waals surface area contributed by atoms with E-state index in [4.69, 9.17) is 0 Å². The van der Waals surface area contributed by atoms with Crippen molar-refractivity contribution in [2.24, 2.45) is 0 Å². The van der Waals surface area contributed by atoms with Gasteiger partial charge in [0.25, 0.3) is 0 Å². The van der Waals surface area contributed by atoms with E-state index in [1.165, 1.54) is 23.9 Å². The van der Waals surface area contributed by atoms with Crippen LogP contribution in [-0.4, -0.2) is 31.2 Å². The highest BCUT2D eigenvalue weighted by atomic mass is 32.2. The van der Waals surface area contributed by atoms with Gasteiger partial charge in [-0.25, -0.2) is 8.42 Å². The van der Waals surface area contributed by atoms with Crippen LogP contribution in [0.25, 0.3) is 0 Å². The second-order valence-electron chi connectivity index (χ2n) is 7.30. The number of amides is 2. The Hall–Kier alpha value is -2.32. The summed E-state index contributed by atoms with van der Waals surface area (Å²) in [5, 5.41) is 5.34.